The number of amides is 1. The molecule has 2 N–H and O–H groups in total. The molecule has 1 atom stereocenters. The molecule has 0 saturated carbocycles. The van der Waals surface area contributed by atoms with Crippen LogP contribution in [-0.2, 0) is 4.79 Å². The highest BCUT2D eigenvalue weighted by Crippen LogP contribution is 2.11. The third-order valence-electron chi connectivity index (χ3n) is 3.69. The number of aliphatic hydroxyl groups is 1. The number of aliphatic hydroxyl groups excluding tert-OH is 1. The second kappa shape index (κ2) is 14.8. The lowest BCUT2D eigenvalue weighted by atomic mass is 10.1. The third-order valence-corrected chi connectivity index (χ3v) is 3.69. The van der Waals surface area contributed by atoms with Crippen molar-refractivity contribution in [3.05, 3.63) is 0 Å². The van der Waals surface area contributed by atoms with Gasteiger partial charge in [-0.1, -0.05) is 71.1 Å². The second-order valence-corrected chi connectivity index (χ2v) is 5.94. The zero-order valence-electron chi connectivity index (χ0n) is 13.6. The monoisotopic (exact) mass is 285 g/mol. The maximum Gasteiger partial charge on any atom is 0.220 e. The Bertz CT molecular complexity index is 219. The van der Waals surface area contributed by atoms with E-state index in [0.717, 1.165) is 12.8 Å². The third kappa shape index (κ3) is 13.9. The molecule has 0 fully saturated rings. The van der Waals surface area contributed by atoms with Gasteiger partial charge < -0.3 is 10.4 Å². The summed E-state index contributed by atoms with van der Waals surface area (Å²) in [4.78, 5) is 11.5. The molecule has 3 heteroatoms. The average molecular weight is 285 g/mol. The largest absolute Gasteiger partial charge is 0.394 e. The van der Waals surface area contributed by atoms with Gasteiger partial charge in [-0.05, 0) is 13.3 Å². The van der Waals surface area contributed by atoms with Crippen LogP contribution in [-0.4, -0.2) is 23.7 Å². The van der Waals surface area contributed by atoms with E-state index in [4.69, 9.17) is 5.11 Å². The molecule has 0 spiro atoms. The van der Waals surface area contributed by atoms with Crippen LogP contribution in [0.4, 0.5) is 0 Å². The Labute approximate surface area is 125 Å². The van der Waals surface area contributed by atoms with Gasteiger partial charge in [-0.3, -0.25) is 4.79 Å². The zero-order valence-corrected chi connectivity index (χ0v) is 13.6. The molecule has 0 heterocycles. The molecule has 20 heavy (non-hydrogen) atoms. The number of hydrogen-bond donors (Lipinski definition) is 2. The molecule has 0 aliphatic carbocycles. The smallest absolute Gasteiger partial charge is 0.220 e. The van der Waals surface area contributed by atoms with Crippen LogP contribution in [0.15, 0.2) is 0 Å². The summed E-state index contributed by atoms with van der Waals surface area (Å²) < 4.78 is 0. The lowest BCUT2D eigenvalue weighted by Crippen LogP contribution is -2.34. The van der Waals surface area contributed by atoms with Crippen LogP contribution < -0.4 is 5.32 Å². The van der Waals surface area contributed by atoms with E-state index in [1.165, 1.54) is 57.8 Å². The summed E-state index contributed by atoms with van der Waals surface area (Å²) in [5.74, 6) is 0.0717. The van der Waals surface area contributed by atoms with Crippen LogP contribution in [0.2, 0.25) is 0 Å². The summed E-state index contributed by atoms with van der Waals surface area (Å²) in [6.07, 6.45) is 14.9. The predicted molar refractivity (Wildman–Crippen MR) is 85.8 cm³/mol. The fourth-order valence-corrected chi connectivity index (χ4v) is 2.34. The van der Waals surface area contributed by atoms with E-state index in [0.29, 0.717) is 6.42 Å². The number of carbonyl (C=O) groups excluding carboxylic acids is 1. The van der Waals surface area contributed by atoms with E-state index in [1.54, 1.807) is 0 Å². The van der Waals surface area contributed by atoms with E-state index < -0.39 is 0 Å². The summed E-state index contributed by atoms with van der Waals surface area (Å²) in [5.41, 5.74) is 0. The first-order valence-corrected chi connectivity index (χ1v) is 8.61. The van der Waals surface area contributed by atoms with Gasteiger partial charge in [0.1, 0.15) is 0 Å². The van der Waals surface area contributed by atoms with Crippen LogP contribution in [0.5, 0.6) is 0 Å². The molecule has 0 unspecified atom stereocenters. The minimum atomic E-state index is -0.116. The van der Waals surface area contributed by atoms with E-state index in [1.807, 2.05) is 6.92 Å². The van der Waals surface area contributed by atoms with Crippen molar-refractivity contribution in [2.45, 2.75) is 96.9 Å². The Balaban J connectivity index is 3.14. The maximum absolute atomic E-state index is 11.5. The van der Waals surface area contributed by atoms with Gasteiger partial charge in [0.25, 0.3) is 0 Å². The van der Waals surface area contributed by atoms with E-state index in [2.05, 4.69) is 12.2 Å². The van der Waals surface area contributed by atoms with Gasteiger partial charge in [-0.2, -0.15) is 0 Å². The highest BCUT2D eigenvalue weighted by Gasteiger charge is 2.05. The van der Waals surface area contributed by atoms with Crippen molar-refractivity contribution in [3.8, 4) is 0 Å². The normalized spacial score (nSPS) is 12.3. The van der Waals surface area contributed by atoms with Gasteiger partial charge in [-0.15, -0.1) is 0 Å². The van der Waals surface area contributed by atoms with Crippen LogP contribution in [0, 0.1) is 0 Å². The van der Waals surface area contributed by atoms with Crippen LogP contribution in [0.25, 0.3) is 0 Å². The summed E-state index contributed by atoms with van der Waals surface area (Å²) in [6, 6.07) is -0.116. The van der Waals surface area contributed by atoms with Crippen LogP contribution in [0.1, 0.15) is 90.9 Å². The van der Waals surface area contributed by atoms with Gasteiger partial charge >= 0.3 is 0 Å². The fourth-order valence-electron chi connectivity index (χ4n) is 2.34. The van der Waals surface area contributed by atoms with Crippen molar-refractivity contribution in [2.24, 2.45) is 0 Å². The van der Waals surface area contributed by atoms with Crippen molar-refractivity contribution in [1.29, 1.82) is 0 Å². The first kappa shape index (κ1) is 19.4. The molecule has 0 saturated heterocycles. The van der Waals surface area contributed by atoms with Gasteiger partial charge in [0.2, 0.25) is 5.91 Å². The molecule has 3 nitrogen and oxygen atoms in total. The second-order valence-electron chi connectivity index (χ2n) is 5.94. The topological polar surface area (TPSA) is 49.3 Å². The highest BCUT2D eigenvalue weighted by molar-refractivity contribution is 5.76. The van der Waals surface area contributed by atoms with E-state index >= 15 is 0 Å². The molecular formula is C17H35NO2. The minimum absolute atomic E-state index is 0.0179. The number of rotatable bonds is 14. The molecule has 1 amide bonds. The fraction of sp³-hybridized carbons (Fsp3) is 0.941. The molecule has 0 aromatic rings. The van der Waals surface area contributed by atoms with E-state index in [9.17, 15) is 4.79 Å². The molecule has 0 aromatic heterocycles. The van der Waals surface area contributed by atoms with Gasteiger partial charge in [-0.25, -0.2) is 0 Å². The van der Waals surface area contributed by atoms with Crippen molar-refractivity contribution >= 4 is 5.91 Å². The molecule has 0 aliphatic rings. The molecule has 120 valence electrons. The molecule has 0 rings (SSSR count). The Hall–Kier alpha value is -0.570. The van der Waals surface area contributed by atoms with Crippen LogP contribution in [0.3, 0.4) is 0 Å². The number of unbranched alkanes of at least 4 members (excludes halogenated alkanes) is 10. The first-order valence-electron chi connectivity index (χ1n) is 8.61. The number of carbonyl (C=O) groups is 1. The zero-order chi connectivity index (χ0) is 15.1. The first-order chi connectivity index (χ1) is 9.70. The Morgan fingerprint density at radius 3 is 1.80 bits per heavy atom. The van der Waals surface area contributed by atoms with Gasteiger partial charge in [0, 0.05) is 12.5 Å². The standard InChI is InChI=1S/C17H35NO2/c1-3-4-5-6-7-8-9-10-11-12-13-14-17(20)18-16(2)15-19/h16,19H,3-15H2,1-2H3,(H,18,20)/t16-/m0/s1. The van der Waals surface area contributed by atoms with Crippen molar-refractivity contribution in [1.82, 2.24) is 5.32 Å². The lowest BCUT2D eigenvalue weighted by molar-refractivity contribution is -0.122. The summed E-state index contributed by atoms with van der Waals surface area (Å²) in [5, 5.41) is 11.6. The SMILES string of the molecule is CCCCCCCCCCCCCC(=O)N[C@@H](C)CO. The highest BCUT2D eigenvalue weighted by atomic mass is 16.3. The molecular weight excluding hydrogens is 250 g/mol. The Kier molecular flexibility index (Phi) is 14.4. The van der Waals surface area contributed by atoms with Crippen LogP contribution >= 0.6 is 0 Å². The lowest BCUT2D eigenvalue weighted by Gasteiger charge is -2.10. The van der Waals surface area contributed by atoms with Gasteiger partial charge in [0.15, 0.2) is 0 Å². The number of nitrogens with one attached hydrogen (secondary N) is 1. The van der Waals surface area contributed by atoms with Gasteiger partial charge in [0.05, 0.1) is 6.61 Å². The van der Waals surface area contributed by atoms with E-state index in [-0.39, 0.29) is 18.6 Å². The van der Waals surface area contributed by atoms with Crippen molar-refractivity contribution < 1.29 is 9.90 Å². The Morgan fingerprint density at radius 1 is 0.900 bits per heavy atom. The van der Waals surface area contributed by atoms with Crippen molar-refractivity contribution in [2.75, 3.05) is 6.61 Å². The minimum Gasteiger partial charge on any atom is -0.394 e. The summed E-state index contributed by atoms with van der Waals surface area (Å²) in [6.45, 7) is 4.09. The number of hydrogen-bond acceptors (Lipinski definition) is 2. The predicted octanol–water partition coefficient (Wildman–Crippen LogP) is 4.18. The van der Waals surface area contributed by atoms with Crippen molar-refractivity contribution in [3.63, 3.8) is 0 Å². The molecule has 0 radical (unpaired) electrons. The molecule has 0 aliphatic heterocycles. The molecule has 0 aromatic carbocycles. The maximum atomic E-state index is 11.5. The molecule has 0 bridgehead atoms. The Morgan fingerprint density at radius 2 is 1.35 bits per heavy atom. The average Bonchev–Trinajstić information content (AvgIpc) is 2.44. The quantitative estimate of drug-likeness (QED) is 0.470. The summed E-state index contributed by atoms with van der Waals surface area (Å²) >= 11 is 0. The summed E-state index contributed by atoms with van der Waals surface area (Å²) in [7, 11) is 0.